The quantitative estimate of drug-likeness (QED) is 0.224. The first-order valence-corrected chi connectivity index (χ1v) is 6.38. The summed E-state index contributed by atoms with van der Waals surface area (Å²) < 4.78 is 19.3. The molecule has 6 N–H and O–H groups in total. The summed E-state index contributed by atoms with van der Waals surface area (Å²) in [5, 5.41) is 30.6. The second kappa shape index (κ2) is 6.04. The molecule has 1 heterocycles. The van der Waals surface area contributed by atoms with Crippen LogP contribution in [0.1, 0.15) is 0 Å². The largest absolute Gasteiger partial charge is 0.469 e. The molecule has 1 aliphatic heterocycles. The summed E-state index contributed by atoms with van der Waals surface area (Å²) >= 11 is 0. The number of nitrogens with one attached hydrogen (secondary N) is 1. The van der Waals surface area contributed by atoms with Crippen LogP contribution >= 0.6 is 7.82 Å². The Kier molecular flexibility index (Phi) is 5.20. The van der Waals surface area contributed by atoms with E-state index < -0.39 is 45.1 Å². The van der Waals surface area contributed by atoms with Gasteiger partial charge in [0.05, 0.1) is 6.61 Å². The van der Waals surface area contributed by atoms with Crippen molar-refractivity contribution in [2.24, 2.45) is 0 Å². The molecule has 0 aliphatic carbocycles. The second-order valence-electron chi connectivity index (χ2n) is 3.64. The molecule has 1 rings (SSSR count). The smallest absolute Gasteiger partial charge is 0.388 e. The predicted octanol–water partition coefficient (Wildman–Crippen LogP) is -3.35. The zero-order chi connectivity index (χ0) is 13.9. The zero-order valence-corrected chi connectivity index (χ0v) is 9.88. The van der Waals surface area contributed by atoms with Crippen LogP contribution in [0.4, 0.5) is 0 Å². The number of carbonyl (C=O) groups is 1. The molecule has 0 saturated carbocycles. The van der Waals surface area contributed by atoms with Gasteiger partial charge in [-0.1, -0.05) is 0 Å². The summed E-state index contributed by atoms with van der Waals surface area (Å²) in [7, 11) is -4.75. The lowest BCUT2D eigenvalue weighted by Crippen LogP contribution is -2.63. The Bertz CT molecular complexity index is 333. The molecule has 10 nitrogen and oxygen atoms in total. The molecule has 0 aromatic carbocycles. The molecule has 1 aliphatic rings. The van der Waals surface area contributed by atoms with E-state index in [1.165, 1.54) is 0 Å². The van der Waals surface area contributed by atoms with Crippen molar-refractivity contribution in [2.45, 2.75) is 30.6 Å². The van der Waals surface area contributed by atoms with E-state index in [0.29, 0.717) is 0 Å². The normalized spacial score (nSPS) is 37.3. The van der Waals surface area contributed by atoms with Crippen molar-refractivity contribution in [1.29, 1.82) is 0 Å². The molecule has 1 fully saturated rings. The third-order valence-corrected chi connectivity index (χ3v) is 2.87. The molecule has 1 saturated heterocycles. The molecule has 0 radical (unpaired) electrons. The van der Waals surface area contributed by atoms with Gasteiger partial charge >= 0.3 is 7.82 Å². The fourth-order valence-corrected chi connectivity index (χ4v) is 1.85. The summed E-state index contributed by atoms with van der Waals surface area (Å²) in [5.74, 6) is 0. The summed E-state index contributed by atoms with van der Waals surface area (Å²) in [5.41, 5.74) is 0. The lowest BCUT2D eigenvalue weighted by molar-refractivity contribution is -0.252. The van der Waals surface area contributed by atoms with Crippen LogP contribution in [0.25, 0.3) is 0 Å². The van der Waals surface area contributed by atoms with Crippen LogP contribution in [0.3, 0.4) is 0 Å². The van der Waals surface area contributed by atoms with Gasteiger partial charge in [-0.25, -0.2) is 4.57 Å². The minimum absolute atomic E-state index is 0.208. The molecule has 0 unspecified atom stereocenters. The average Bonchev–Trinajstić information content (AvgIpc) is 2.26. The van der Waals surface area contributed by atoms with Crippen LogP contribution in [0.15, 0.2) is 0 Å². The predicted molar refractivity (Wildman–Crippen MR) is 53.9 cm³/mol. The average molecular weight is 287 g/mol. The van der Waals surface area contributed by atoms with Gasteiger partial charge in [0.15, 0.2) is 6.29 Å². The van der Waals surface area contributed by atoms with Gasteiger partial charge in [0, 0.05) is 0 Å². The first-order valence-electron chi connectivity index (χ1n) is 4.85. The van der Waals surface area contributed by atoms with E-state index in [9.17, 15) is 24.7 Å². The van der Waals surface area contributed by atoms with E-state index in [4.69, 9.17) is 14.5 Å². The number of phosphoric acid groups is 1. The molecule has 0 aromatic heterocycles. The van der Waals surface area contributed by atoms with Crippen LogP contribution in [0, 0.1) is 0 Å². The maximum atomic E-state index is 10.5. The number of ether oxygens (including phenoxy) is 1. The Balaban J connectivity index is 2.63. The lowest BCUT2D eigenvalue weighted by atomic mass is 9.97. The van der Waals surface area contributed by atoms with Gasteiger partial charge in [0.1, 0.15) is 24.4 Å². The minimum Gasteiger partial charge on any atom is -0.388 e. The number of phosphoric ester groups is 1. The molecule has 0 spiro atoms. The van der Waals surface area contributed by atoms with Crippen LogP contribution in [-0.4, -0.2) is 68.8 Å². The molecule has 0 aromatic rings. The number of rotatable bonds is 5. The van der Waals surface area contributed by atoms with Crippen molar-refractivity contribution in [3.63, 3.8) is 0 Å². The molecule has 11 heteroatoms. The van der Waals surface area contributed by atoms with Crippen molar-refractivity contribution >= 4 is 14.2 Å². The van der Waals surface area contributed by atoms with E-state index in [1.807, 2.05) is 5.32 Å². The van der Waals surface area contributed by atoms with Gasteiger partial charge in [-0.2, -0.15) is 0 Å². The number of amides is 1. The van der Waals surface area contributed by atoms with Crippen molar-refractivity contribution in [3.8, 4) is 0 Å². The van der Waals surface area contributed by atoms with Crippen LogP contribution in [0.2, 0.25) is 0 Å². The highest BCUT2D eigenvalue weighted by molar-refractivity contribution is 7.46. The number of aliphatic hydroxyl groups is 3. The van der Waals surface area contributed by atoms with E-state index in [0.717, 1.165) is 0 Å². The Morgan fingerprint density at radius 1 is 1.28 bits per heavy atom. The third kappa shape index (κ3) is 3.97. The van der Waals surface area contributed by atoms with Gasteiger partial charge in [-0.3, -0.25) is 9.32 Å². The standard InChI is InChI=1S/C7H14NO9P/c9-2-8-4-6(11)5(10)3(17-7(4)12)1-16-18(13,14)15/h2-7,10-12H,1H2,(H,8,9)(H2,13,14,15)/t3-,4-,5-,6-,7-/m1/s1. The Morgan fingerprint density at radius 2 is 1.89 bits per heavy atom. The van der Waals surface area contributed by atoms with Crippen LogP contribution in [-0.2, 0) is 18.6 Å². The fraction of sp³-hybridized carbons (Fsp3) is 0.857. The van der Waals surface area contributed by atoms with Crippen molar-refractivity contribution in [2.75, 3.05) is 6.61 Å². The monoisotopic (exact) mass is 287 g/mol. The highest BCUT2D eigenvalue weighted by Crippen LogP contribution is 2.36. The molecular formula is C7H14NO9P. The first-order chi connectivity index (χ1) is 8.26. The summed E-state index contributed by atoms with van der Waals surface area (Å²) in [6.45, 7) is -0.729. The SMILES string of the molecule is O=CN[C@@H]1[C@@H](O)[C@H](O)[C@@H](COP(=O)(O)O)O[C@H]1O. The highest BCUT2D eigenvalue weighted by atomic mass is 31.2. The maximum Gasteiger partial charge on any atom is 0.469 e. The second-order valence-corrected chi connectivity index (χ2v) is 4.88. The van der Waals surface area contributed by atoms with Gasteiger partial charge in [-0.15, -0.1) is 0 Å². The zero-order valence-electron chi connectivity index (χ0n) is 8.99. The van der Waals surface area contributed by atoms with E-state index in [1.54, 1.807) is 0 Å². The first kappa shape index (κ1) is 15.5. The van der Waals surface area contributed by atoms with Crippen LogP contribution in [0.5, 0.6) is 0 Å². The molecule has 106 valence electrons. The molecule has 1 amide bonds. The summed E-state index contributed by atoms with van der Waals surface area (Å²) in [6.07, 6.45) is -5.92. The van der Waals surface area contributed by atoms with Gasteiger partial charge < -0.3 is 35.2 Å². The summed E-state index contributed by atoms with van der Waals surface area (Å²) in [4.78, 5) is 27.2. The topological polar surface area (TPSA) is 166 Å². The molecular weight excluding hydrogens is 273 g/mol. The van der Waals surface area contributed by atoms with Crippen LogP contribution < -0.4 is 5.32 Å². The minimum atomic E-state index is -4.75. The van der Waals surface area contributed by atoms with E-state index >= 15 is 0 Å². The van der Waals surface area contributed by atoms with Crippen molar-refractivity contribution in [3.05, 3.63) is 0 Å². The number of hydrogen-bond acceptors (Lipinski definition) is 7. The van der Waals surface area contributed by atoms with E-state index in [2.05, 4.69) is 4.52 Å². The number of carbonyl (C=O) groups excluding carboxylic acids is 1. The van der Waals surface area contributed by atoms with Gasteiger partial charge in [0.2, 0.25) is 6.41 Å². The van der Waals surface area contributed by atoms with Gasteiger partial charge in [0.25, 0.3) is 0 Å². The Hall–Kier alpha value is -0.580. The Morgan fingerprint density at radius 3 is 2.39 bits per heavy atom. The molecule has 0 bridgehead atoms. The number of aliphatic hydroxyl groups excluding tert-OH is 3. The van der Waals surface area contributed by atoms with Crippen molar-refractivity contribution < 1.29 is 43.7 Å². The van der Waals surface area contributed by atoms with E-state index in [-0.39, 0.29) is 6.41 Å². The molecule has 5 atom stereocenters. The highest BCUT2D eigenvalue weighted by Gasteiger charge is 2.44. The maximum absolute atomic E-state index is 10.5. The summed E-state index contributed by atoms with van der Waals surface area (Å²) in [6, 6.07) is -1.25. The lowest BCUT2D eigenvalue weighted by Gasteiger charge is -2.40. The number of hydrogen-bond donors (Lipinski definition) is 6. The Labute approximate surface area is 101 Å². The third-order valence-electron chi connectivity index (χ3n) is 2.39. The van der Waals surface area contributed by atoms with Crippen molar-refractivity contribution in [1.82, 2.24) is 5.32 Å². The fourth-order valence-electron chi connectivity index (χ4n) is 1.51. The van der Waals surface area contributed by atoms with Gasteiger partial charge in [-0.05, 0) is 0 Å². The molecule has 18 heavy (non-hydrogen) atoms.